The Morgan fingerprint density at radius 2 is 2.00 bits per heavy atom. The van der Waals surface area contributed by atoms with Crippen molar-refractivity contribution in [2.24, 2.45) is 0 Å². The van der Waals surface area contributed by atoms with E-state index in [1.165, 1.54) is 18.1 Å². The summed E-state index contributed by atoms with van der Waals surface area (Å²) < 4.78 is 16.4. The molecular weight excluding hydrogens is 322 g/mol. The number of hydrogen-bond acceptors (Lipinski definition) is 6. The van der Waals surface area contributed by atoms with Gasteiger partial charge in [0.15, 0.2) is 11.5 Å². The average Bonchev–Trinajstić information content (AvgIpc) is 2.80. The first-order valence-corrected chi connectivity index (χ1v) is 8.85. The van der Waals surface area contributed by atoms with Gasteiger partial charge in [-0.25, -0.2) is 0 Å². The lowest BCUT2D eigenvalue weighted by Crippen LogP contribution is -2.52. The maximum absolute atomic E-state index is 11.4. The molecule has 1 aliphatic carbocycles. The van der Waals surface area contributed by atoms with E-state index in [9.17, 15) is 9.90 Å². The third-order valence-corrected chi connectivity index (χ3v) is 6.20. The number of fused-ring (bicyclic) bond motifs is 1. The van der Waals surface area contributed by atoms with Crippen molar-refractivity contribution in [2.75, 3.05) is 14.2 Å². The minimum atomic E-state index is -0.467. The van der Waals surface area contributed by atoms with Crippen molar-refractivity contribution in [3.05, 3.63) is 23.3 Å². The van der Waals surface area contributed by atoms with Crippen LogP contribution in [0.15, 0.2) is 12.1 Å². The van der Waals surface area contributed by atoms with Gasteiger partial charge in [-0.05, 0) is 42.5 Å². The minimum Gasteiger partial charge on any atom is -0.493 e. The van der Waals surface area contributed by atoms with Gasteiger partial charge in [0.05, 0.1) is 14.2 Å². The van der Waals surface area contributed by atoms with Crippen molar-refractivity contribution >= 4 is 5.97 Å². The smallest absolute Gasteiger partial charge is 0.302 e. The summed E-state index contributed by atoms with van der Waals surface area (Å²) >= 11 is 0. The van der Waals surface area contributed by atoms with E-state index in [0.717, 1.165) is 30.8 Å². The van der Waals surface area contributed by atoms with E-state index in [1.54, 1.807) is 14.2 Å². The molecular formula is C19H25NO5. The van der Waals surface area contributed by atoms with E-state index in [2.05, 4.69) is 11.0 Å². The van der Waals surface area contributed by atoms with Crippen molar-refractivity contribution in [1.82, 2.24) is 4.90 Å². The van der Waals surface area contributed by atoms with Gasteiger partial charge in [-0.3, -0.25) is 9.69 Å². The summed E-state index contributed by atoms with van der Waals surface area (Å²) in [6.07, 6.45) is 2.67. The van der Waals surface area contributed by atoms with Crippen LogP contribution < -0.4 is 9.47 Å². The standard InChI is InChI=1S/C19H25NO5/c1-11(21)25-13-4-5-19-9-18(22)20(17(19)7-13)10-12-6-15(23-2)16(24-3)8-14(12)19/h6,8,13,17-18,22H,4-5,7,9-10H2,1-3H3/t13-,17-,18?,19+/m1/s1. The van der Waals surface area contributed by atoms with Gasteiger partial charge in [-0.2, -0.15) is 0 Å². The molecule has 0 amide bonds. The molecule has 1 saturated heterocycles. The van der Waals surface area contributed by atoms with Crippen molar-refractivity contribution in [2.45, 2.75) is 62.9 Å². The SMILES string of the molecule is COc1cc2c(cc1OC)[C@@]13CC[C@@H](OC(C)=O)C[C@H]1N(C2)C(O)C3. The van der Waals surface area contributed by atoms with E-state index in [-0.39, 0.29) is 23.5 Å². The predicted octanol–water partition coefficient (Wildman–Crippen LogP) is 1.96. The molecule has 2 bridgehead atoms. The Morgan fingerprint density at radius 3 is 2.68 bits per heavy atom. The highest BCUT2D eigenvalue weighted by molar-refractivity contribution is 5.66. The molecule has 136 valence electrons. The molecule has 2 fully saturated rings. The van der Waals surface area contributed by atoms with Crippen LogP contribution in [0.1, 0.15) is 43.7 Å². The Bertz CT molecular complexity index is 705. The fourth-order valence-corrected chi connectivity index (χ4v) is 5.21. The lowest BCUT2D eigenvalue weighted by Gasteiger charge is -2.48. The molecule has 2 unspecified atom stereocenters. The first kappa shape index (κ1) is 16.7. The van der Waals surface area contributed by atoms with Crippen LogP contribution in [0, 0.1) is 0 Å². The third-order valence-electron chi connectivity index (χ3n) is 6.20. The number of esters is 1. The van der Waals surface area contributed by atoms with Crippen LogP contribution >= 0.6 is 0 Å². The minimum absolute atomic E-state index is 0.0647. The summed E-state index contributed by atoms with van der Waals surface area (Å²) in [6.45, 7) is 2.14. The predicted molar refractivity (Wildman–Crippen MR) is 90.6 cm³/mol. The fraction of sp³-hybridized carbons (Fsp3) is 0.632. The number of benzene rings is 1. The second-order valence-electron chi connectivity index (χ2n) is 7.40. The van der Waals surface area contributed by atoms with Gasteiger partial charge in [0.1, 0.15) is 12.3 Å². The molecule has 5 atom stereocenters. The summed E-state index contributed by atoms with van der Waals surface area (Å²) in [6, 6.07) is 4.31. The summed E-state index contributed by atoms with van der Waals surface area (Å²) in [5.74, 6) is 1.22. The molecule has 0 radical (unpaired) electrons. The first-order chi connectivity index (χ1) is 12.0. The first-order valence-electron chi connectivity index (χ1n) is 8.85. The molecule has 2 heterocycles. The Kier molecular flexibility index (Phi) is 3.92. The number of aliphatic hydroxyl groups excluding tert-OH is 1. The zero-order valence-corrected chi connectivity index (χ0v) is 14.9. The lowest BCUT2D eigenvalue weighted by atomic mass is 9.63. The molecule has 1 saturated carbocycles. The zero-order chi connectivity index (χ0) is 17.8. The molecule has 3 aliphatic rings. The largest absolute Gasteiger partial charge is 0.493 e. The maximum Gasteiger partial charge on any atom is 0.302 e. The molecule has 1 aromatic rings. The van der Waals surface area contributed by atoms with Gasteiger partial charge >= 0.3 is 5.97 Å². The summed E-state index contributed by atoms with van der Waals surface area (Å²) in [5, 5.41) is 10.7. The van der Waals surface area contributed by atoms with E-state index >= 15 is 0 Å². The Labute approximate surface area is 147 Å². The van der Waals surface area contributed by atoms with Crippen LogP contribution in [0.25, 0.3) is 0 Å². The Balaban J connectivity index is 1.76. The van der Waals surface area contributed by atoms with Crippen molar-refractivity contribution in [3.8, 4) is 11.5 Å². The second-order valence-corrected chi connectivity index (χ2v) is 7.40. The van der Waals surface area contributed by atoms with E-state index in [0.29, 0.717) is 13.0 Å². The second kappa shape index (κ2) is 5.88. The number of nitrogens with zero attached hydrogens (tertiary/aromatic N) is 1. The van der Waals surface area contributed by atoms with E-state index < -0.39 is 6.23 Å². The van der Waals surface area contributed by atoms with Crippen LogP contribution in [0.4, 0.5) is 0 Å². The summed E-state index contributed by atoms with van der Waals surface area (Å²) in [4.78, 5) is 13.5. The molecule has 25 heavy (non-hydrogen) atoms. The fourth-order valence-electron chi connectivity index (χ4n) is 5.21. The van der Waals surface area contributed by atoms with Crippen LogP contribution in [0.5, 0.6) is 11.5 Å². The molecule has 1 N–H and O–H groups in total. The molecule has 1 aromatic carbocycles. The quantitative estimate of drug-likeness (QED) is 0.843. The van der Waals surface area contributed by atoms with Crippen molar-refractivity contribution in [3.63, 3.8) is 0 Å². The molecule has 0 aromatic heterocycles. The Morgan fingerprint density at radius 1 is 1.28 bits per heavy atom. The van der Waals surface area contributed by atoms with Crippen LogP contribution in [0.3, 0.4) is 0 Å². The number of rotatable bonds is 3. The van der Waals surface area contributed by atoms with E-state index in [1.807, 2.05) is 6.07 Å². The molecule has 6 nitrogen and oxygen atoms in total. The van der Waals surface area contributed by atoms with Gasteiger partial charge in [0, 0.05) is 31.3 Å². The van der Waals surface area contributed by atoms with Gasteiger partial charge in [0.2, 0.25) is 0 Å². The molecule has 4 rings (SSSR count). The Hall–Kier alpha value is -1.79. The normalized spacial score (nSPS) is 35.5. The van der Waals surface area contributed by atoms with Crippen LogP contribution in [0.2, 0.25) is 0 Å². The van der Waals surface area contributed by atoms with Gasteiger partial charge in [-0.15, -0.1) is 0 Å². The number of aliphatic hydroxyl groups is 1. The maximum atomic E-state index is 11.4. The monoisotopic (exact) mass is 347 g/mol. The molecule has 6 heteroatoms. The average molecular weight is 347 g/mol. The van der Waals surface area contributed by atoms with Crippen molar-refractivity contribution < 1.29 is 24.1 Å². The highest BCUT2D eigenvalue weighted by Crippen LogP contribution is 2.56. The summed E-state index contributed by atoms with van der Waals surface area (Å²) in [5.41, 5.74) is 2.34. The molecule has 0 spiro atoms. The van der Waals surface area contributed by atoms with Gasteiger partial charge < -0.3 is 19.3 Å². The lowest BCUT2D eigenvalue weighted by molar-refractivity contribution is -0.149. The number of carbonyl (C=O) groups is 1. The summed E-state index contributed by atoms with van der Waals surface area (Å²) in [7, 11) is 3.29. The highest BCUT2D eigenvalue weighted by atomic mass is 16.5. The number of carbonyl (C=O) groups excluding carboxylic acids is 1. The molecule has 2 aliphatic heterocycles. The van der Waals surface area contributed by atoms with Gasteiger partial charge in [0.25, 0.3) is 0 Å². The van der Waals surface area contributed by atoms with E-state index in [4.69, 9.17) is 14.2 Å². The topological polar surface area (TPSA) is 68.2 Å². The van der Waals surface area contributed by atoms with Crippen LogP contribution in [-0.2, 0) is 21.5 Å². The highest BCUT2D eigenvalue weighted by Gasteiger charge is 2.58. The van der Waals surface area contributed by atoms with Crippen molar-refractivity contribution in [1.29, 1.82) is 0 Å². The number of hydrogen-bond donors (Lipinski definition) is 1. The number of ether oxygens (including phenoxy) is 3. The van der Waals surface area contributed by atoms with Gasteiger partial charge in [-0.1, -0.05) is 0 Å². The zero-order valence-electron chi connectivity index (χ0n) is 14.9. The third kappa shape index (κ3) is 2.42. The number of methoxy groups -OCH3 is 2. The van der Waals surface area contributed by atoms with Crippen LogP contribution in [-0.4, -0.2) is 48.6 Å².